The van der Waals surface area contributed by atoms with Crippen LogP contribution in [0.5, 0.6) is 11.5 Å². The minimum absolute atomic E-state index is 0.237. The van der Waals surface area contributed by atoms with Crippen LogP contribution in [0.3, 0.4) is 0 Å². The van der Waals surface area contributed by atoms with Crippen LogP contribution < -0.4 is 4.74 Å². The summed E-state index contributed by atoms with van der Waals surface area (Å²) in [5.41, 5.74) is 2.99. The Bertz CT molecular complexity index is 646. The molecule has 0 aromatic heterocycles. The summed E-state index contributed by atoms with van der Waals surface area (Å²) in [6.45, 7) is 0. The molecule has 0 saturated heterocycles. The number of aryl methyl sites for hydroxylation is 2. The Labute approximate surface area is 117 Å². The zero-order valence-corrected chi connectivity index (χ0v) is 11.1. The van der Waals surface area contributed by atoms with Crippen LogP contribution in [0.2, 0.25) is 0 Å². The van der Waals surface area contributed by atoms with Gasteiger partial charge >= 0.3 is 5.97 Å². The summed E-state index contributed by atoms with van der Waals surface area (Å²) in [4.78, 5) is 10.9. The summed E-state index contributed by atoms with van der Waals surface area (Å²) in [7, 11) is 0. The molecule has 0 radical (unpaired) electrons. The topological polar surface area (TPSA) is 46.5 Å². The molecule has 20 heavy (non-hydrogen) atoms. The molecular formula is C17H16O3. The maximum absolute atomic E-state index is 10.9. The van der Waals surface area contributed by atoms with E-state index in [1.54, 1.807) is 24.3 Å². The second kappa shape index (κ2) is 5.37. The van der Waals surface area contributed by atoms with Crippen LogP contribution in [0, 0.1) is 0 Å². The van der Waals surface area contributed by atoms with Gasteiger partial charge < -0.3 is 9.84 Å². The van der Waals surface area contributed by atoms with Crippen LogP contribution >= 0.6 is 0 Å². The molecule has 0 unspecified atom stereocenters. The van der Waals surface area contributed by atoms with Gasteiger partial charge in [-0.2, -0.15) is 0 Å². The number of hydrogen-bond acceptors (Lipinski definition) is 2. The van der Waals surface area contributed by atoms with Gasteiger partial charge in [-0.1, -0.05) is 12.1 Å². The molecule has 0 spiro atoms. The number of benzene rings is 2. The smallest absolute Gasteiger partial charge is 0.335 e. The molecule has 0 bridgehead atoms. The van der Waals surface area contributed by atoms with Crippen molar-refractivity contribution in [2.45, 2.75) is 25.7 Å². The maximum atomic E-state index is 10.9. The third kappa shape index (κ3) is 2.67. The van der Waals surface area contributed by atoms with Crippen molar-refractivity contribution >= 4 is 5.97 Å². The van der Waals surface area contributed by atoms with E-state index in [0.29, 0.717) is 5.75 Å². The normalized spacial score (nSPS) is 13.6. The van der Waals surface area contributed by atoms with Gasteiger partial charge in [-0.05, 0) is 67.1 Å². The molecule has 1 aliphatic carbocycles. The zero-order valence-electron chi connectivity index (χ0n) is 11.1. The quantitative estimate of drug-likeness (QED) is 0.913. The fourth-order valence-corrected chi connectivity index (χ4v) is 2.60. The zero-order chi connectivity index (χ0) is 13.9. The lowest BCUT2D eigenvalue weighted by Gasteiger charge is -2.16. The third-order valence-corrected chi connectivity index (χ3v) is 3.64. The molecule has 0 atom stereocenters. The minimum atomic E-state index is -0.944. The Morgan fingerprint density at radius 2 is 1.70 bits per heavy atom. The van der Waals surface area contributed by atoms with Crippen molar-refractivity contribution in [3.63, 3.8) is 0 Å². The molecule has 3 heteroatoms. The van der Waals surface area contributed by atoms with Crippen molar-refractivity contribution in [3.05, 3.63) is 59.2 Å². The van der Waals surface area contributed by atoms with Gasteiger partial charge in [-0.3, -0.25) is 0 Å². The van der Waals surface area contributed by atoms with Crippen molar-refractivity contribution in [2.75, 3.05) is 0 Å². The van der Waals surface area contributed by atoms with Gasteiger partial charge in [0.2, 0.25) is 0 Å². The van der Waals surface area contributed by atoms with Gasteiger partial charge in [0.1, 0.15) is 11.5 Å². The lowest BCUT2D eigenvalue weighted by molar-refractivity contribution is 0.0696. The summed E-state index contributed by atoms with van der Waals surface area (Å²) >= 11 is 0. The van der Waals surface area contributed by atoms with E-state index < -0.39 is 5.97 Å². The summed E-state index contributed by atoms with van der Waals surface area (Å²) < 4.78 is 5.77. The molecular weight excluding hydrogens is 252 g/mol. The molecule has 0 aliphatic heterocycles. The molecule has 0 heterocycles. The summed E-state index contributed by atoms with van der Waals surface area (Å²) in [5.74, 6) is 0.384. The highest BCUT2D eigenvalue weighted by Gasteiger charge is 2.10. The first kappa shape index (κ1) is 12.7. The van der Waals surface area contributed by atoms with Gasteiger partial charge in [0, 0.05) is 0 Å². The Kier molecular flexibility index (Phi) is 3.42. The summed E-state index contributed by atoms with van der Waals surface area (Å²) in [6.07, 6.45) is 4.73. The van der Waals surface area contributed by atoms with E-state index in [1.165, 1.54) is 24.0 Å². The van der Waals surface area contributed by atoms with Crippen molar-refractivity contribution < 1.29 is 14.6 Å². The van der Waals surface area contributed by atoms with E-state index in [1.807, 2.05) is 6.07 Å². The van der Waals surface area contributed by atoms with E-state index in [9.17, 15) is 4.79 Å². The molecule has 3 nitrogen and oxygen atoms in total. The predicted octanol–water partition coefficient (Wildman–Crippen LogP) is 4.06. The molecule has 2 aromatic carbocycles. The number of ether oxygens (including phenoxy) is 1. The van der Waals surface area contributed by atoms with E-state index in [4.69, 9.17) is 9.84 Å². The average Bonchev–Trinajstić information content (AvgIpc) is 2.47. The number of fused-ring (bicyclic) bond motifs is 1. The Hall–Kier alpha value is -2.29. The fraction of sp³-hybridized carbons (Fsp3) is 0.235. The highest BCUT2D eigenvalue weighted by Crippen LogP contribution is 2.28. The first-order valence-corrected chi connectivity index (χ1v) is 6.85. The van der Waals surface area contributed by atoms with Crippen molar-refractivity contribution in [1.29, 1.82) is 0 Å². The van der Waals surface area contributed by atoms with E-state index in [2.05, 4.69) is 12.1 Å². The van der Waals surface area contributed by atoms with Gasteiger partial charge in [0.05, 0.1) is 5.56 Å². The highest BCUT2D eigenvalue weighted by molar-refractivity contribution is 5.88. The van der Waals surface area contributed by atoms with Crippen LogP contribution in [0.4, 0.5) is 0 Å². The van der Waals surface area contributed by atoms with Gasteiger partial charge in [-0.15, -0.1) is 0 Å². The fourth-order valence-electron chi connectivity index (χ4n) is 2.60. The number of hydrogen-bond donors (Lipinski definition) is 1. The van der Waals surface area contributed by atoms with Crippen LogP contribution in [0.15, 0.2) is 42.5 Å². The summed E-state index contributed by atoms with van der Waals surface area (Å²) in [5, 5.41) is 8.98. The molecule has 2 aromatic rings. The monoisotopic (exact) mass is 268 g/mol. The van der Waals surface area contributed by atoms with Crippen molar-refractivity contribution in [3.8, 4) is 11.5 Å². The second-order valence-electron chi connectivity index (χ2n) is 5.07. The van der Waals surface area contributed by atoms with Gasteiger partial charge in [-0.25, -0.2) is 4.79 Å². The second-order valence-corrected chi connectivity index (χ2v) is 5.07. The van der Waals surface area contributed by atoms with Gasteiger partial charge in [0.15, 0.2) is 0 Å². The molecule has 0 fully saturated rings. The van der Waals surface area contributed by atoms with E-state index in [-0.39, 0.29) is 5.56 Å². The standard InChI is InChI=1S/C17H16O3/c18-17(19)14-6-3-7-15(11-14)20-16-9-8-12-4-1-2-5-13(12)10-16/h3,6-11H,1-2,4-5H2,(H,18,19). The number of rotatable bonds is 3. The van der Waals surface area contributed by atoms with Crippen molar-refractivity contribution in [2.24, 2.45) is 0 Å². The number of carboxylic acids is 1. The maximum Gasteiger partial charge on any atom is 0.335 e. The van der Waals surface area contributed by atoms with Crippen LogP contribution in [-0.4, -0.2) is 11.1 Å². The van der Waals surface area contributed by atoms with E-state index in [0.717, 1.165) is 18.6 Å². The Morgan fingerprint density at radius 1 is 0.950 bits per heavy atom. The SMILES string of the molecule is O=C(O)c1cccc(Oc2ccc3c(c2)CCCC3)c1. The lowest BCUT2D eigenvalue weighted by Crippen LogP contribution is -2.02. The number of carbonyl (C=O) groups is 1. The largest absolute Gasteiger partial charge is 0.478 e. The Morgan fingerprint density at radius 3 is 2.50 bits per heavy atom. The molecule has 1 N–H and O–H groups in total. The van der Waals surface area contributed by atoms with Crippen LogP contribution in [-0.2, 0) is 12.8 Å². The van der Waals surface area contributed by atoms with E-state index >= 15 is 0 Å². The minimum Gasteiger partial charge on any atom is -0.478 e. The van der Waals surface area contributed by atoms with Crippen LogP contribution in [0.1, 0.15) is 34.3 Å². The van der Waals surface area contributed by atoms with Gasteiger partial charge in [0.25, 0.3) is 0 Å². The molecule has 0 amide bonds. The first-order chi connectivity index (χ1) is 9.72. The Balaban J connectivity index is 1.84. The lowest BCUT2D eigenvalue weighted by atomic mass is 9.92. The molecule has 3 rings (SSSR count). The molecule has 1 aliphatic rings. The van der Waals surface area contributed by atoms with Crippen LogP contribution in [0.25, 0.3) is 0 Å². The number of aromatic carboxylic acids is 1. The average molecular weight is 268 g/mol. The number of carboxylic acid groups (broad SMARTS) is 1. The highest BCUT2D eigenvalue weighted by atomic mass is 16.5. The molecule has 0 saturated carbocycles. The van der Waals surface area contributed by atoms with Crippen molar-refractivity contribution in [1.82, 2.24) is 0 Å². The molecule has 102 valence electrons. The predicted molar refractivity (Wildman–Crippen MR) is 76.6 cm³/mol. The first-order valence-electron chi connectivity index (χ1n) is 6.85. The third-order valence-electron chi connectivity index (χ3n) is 3.64. The summed E-state index contributed by atoms with van der Waals surface area (Å²) in [6, 6.07) is 12.7.